The SMILES string of the molecule is COC[C@@H]1C[C@@H](OC)CN1CC1(O)CCC(C)CC1. The van der Waals surface area contributed by atoms with Crippen molar-refractivity contribution in [3.8, 4) is 0 Å². The predicted octanol–water partition coefficient (Wildman–Crippen LogP) is 1.66. The molecule has 0 amide bonds. The molecule has 0 aromatic carbocycles. The van der Waals surface area contributed by atoms with Gasteiger partial charge in [-0.1, -0.05) is 6.92 Å². The minimum Gasteiger partial charge on any atom is -0.389 e. The molecule has 0 unspecified atom stereocenters. The number of ether oxygens (including phenoxy) is 2. The molecule has 2 atom stereocenters. The van der Waals surface area contributed by atoms with Crippen LogP contribution in [0, 0.1) is 5.92 Å². The summed E-state index contributed by atoms with van der Waals surface area (Å²) in [5, 5.41) is 10.8. The van der Waals surface area contributed by atoms with E-state index in [-0.39, 0.29) is 6.10 Å². The highest BCUT2D eigenvalue weighted by Gasteiger charge is 2.39. The van der Waals surface area contributed by atoms with Crippen LogP contribution < -0.4 is 0 Å². The molecule has 0 spiro atoms. The van der Waals surface area contributed by atoms with E-state index in [0.717, 1.165) is 57.7 Å². The number of likely N-dealkylation sites (tertiary alicyclic amines) is 1. The van der Waals surface area contributed by atoms with Gasteiger partial charge < -0.3 is 14.6 Å². The normalized spacial score (nSPS) is 40.7. The Balaban J connectivity index is 1.92. The third kappa shape index (κ3) is 3.91. The van der Waals surface area contributed by atoms with E-state index in [0.29, 0.717) is 6.04 Å². The summed E-state index contributed by atoms with van der Waals surface area (Å²) in [6, 6.07) is 0.387. The quantitative estimate of drug-likeness (QED) is 0.826. The van der Waals surface area contributed by atoms with Gasteiger partial charge in [-0.25, -0.2) is 0 Å². The van der Waals surface area contributed by atoms with Crippen LogP contribution in [0.4, 0.5) is 0 Å². The molecule has 1 N–H and O–H groups in total. The second kappa shape index (κ2) is 6.53. The van der Waals surface area contributed by atoms with E-state index in [4.69, 9.17) is 9.47 Å². The smallest absolute Gasteiger partial charge is 0.0774 e. The Labute approximate surface area is 117 Å². The van der Waals surface area contributed by atoms with Gasteiger partial charge in [-0.05, 0) is 38.0 Å². The molecule has 112 valence electrons. The van der Waals surface area contributed by atoms with Crippen LogP contribution in [0.15, 0.2) is 0 Å². The van der Waals surface area contributed by atoms with E-state index in [1.165, 1.54) is 0 Å². The topological polar surface area (TPSA) is 41.9 Å². The van der Waals surface area contributed by atoms with Crippen molar-refractivity contribution in [2.75, 3.05) is 33.9 Å². The van der Waals surface area contributed by atoms with Crippen molar-refractivity contribution in [2.24, 2.45) is 5.92 Å². The summed E-state index contributed by atoms with van der Waals surface area (Å²) >= 11 is 0. The minimum absolute atomic E-state index is 0.284. The Kier molecular flexibility index (Phi) is 5.23. The molecule has 2 aliphatic rings. The molecule has 1 saturated carbocycles. The van der Waals surface area contributed by atoms with E-state index in [9.17, 15) is 5.11 Å². The van der Waals surface area contributed by atoms with Crippen molar-refractivity contribution >= 4 is 0 Å². The van der Waals surface area contributed by atoms with E-state index in [1.807, 2.05) is 0 Å². The molecular formula is C15H29NO3. The van der Waals surface area contributed by atoms with Crippen LogP contribution in [0.25, 0.3) is 0 Å². The highest BCUT2D eigenvalue weighted by atomic mass is 16.5. The lowest BCUT2D eigenvalue weighted by atomic mass is 9.79. The Morgan fingerprint density at radius 2 is 1.95 bits per heavy atom. The van der Waals surface area contributed by atoms with Crippen molar-refractivity contribution in [1.82, 2.24) is 4.90 Å². The number of β-amino-alcohol motifs (C(OH)–C–C–N with tert-alkyl or cyclic N) is 1. The number of aliphatic hydroxyl groups is 1. The Morgan fingerprint density at radius 1 is 1.26 bits per heavy atom. The summed E-state index contributed by atoms with van der Waals surface area (Å²) in [7, 11) is 3.52. The maximum atomic E-state index is 10.8. The van der Waals surface area contributed by atoms with Gasteiger partial charge in [0.1, 0.15) is 0 Å². The summed E-state index contributed by atoms with van der Waals surface area (Å²) in [6.45, 7) is 4.70. The van der Waals surface area contributed by atoms with Crippen LogP contribution in [0.3, 0.4) is 0 Å². The minimum atomic E-state index is -0.499. The third-order valence-electron chi connectivity index (χ3n) is 4.88. The first kappa shape index (κ1) is 15.2. The molecule has 1 heterocycles. The van der Waals surface area contributed by atoms with E-state index in [2.05, 4.69) is 11.8 Å². The number of nitrogens with zero attached hydrogens (tertiary/aromatic N) is 1. The first-order valence-electron chi connectivity index (χ1n) is 7.54. The van der Waals surface area contributed by atoms with E-state index >= 15 is 0 Å². The Hall–Kier alpha value is -0.160. The third-order valence-corrected chi connectivity index (χ3v) is 4.88. The van der Waals surface area contributed by atoms with E-state index < -0.39 is 5.60 Å². The van der Waals surface area contributed by atoms with Gasteiger partial charge >= 0.3 is 0 Å². The zero-order valence-corrected chi connectivity index (χ0v) is 12.6. The maximum Gasteiger partial charge on any atom is 0.0774 e. The second-order valence-corrected chi connectivity index (χ2v) is 6.54. The maximum absolute atomic E-state index is 10.8. The second-order valence-electron chi connectivity index (χ2n) is 6.54. The van der Waals surface area contributed by atoms with Crippen LogP contribution in [-0.4, -0.2) is 61.7 Å². The summed E-state index contributed by atoms with van der Waals surface area (Å²) in [5.41, 5.74) is -0.499. The van der Waals surface area contributed by atoms with Gasteiger partial charge in [0.05, 0.1) is 18.3 Å². The molecule has 0 radical (unpaired) electrons. The summed E-state index contributed by atoms with van der Waals surface area (Å²) in [4.78, 5) is 2.37. The molecule has 4 heteroatoms. The van der Waals surface area contributed by atoms with Gasteiger partial charge in [0.2, 0.25) is 0 Å². The summed E-state index contributed by atoms with van der Waals surface area (Å²) in [5.74, 6) is 0.764. The van der Waals surface area contributed by atoms with Crippen molar-refractivity contribution in [3.63, 3.8) is 0 Å². The fourth-order valence-electron chi connectivity index (χ4n) is 3.50. The van der Waals surface area contributed by atoms with Gasteiger partial charge in [-0.3, -0.25) is 4.90 Å². The molecule has 4 nitrogen and oxygen atoms in total. The first-order chi connectivity index (χ1) is 9.06. The van der Waals surface area contributed by atoms with Gasteiger partial charge in [0.15, 0.2) is 0 Å². The predicted molar refractivity (Wildman–Crippen MR) is 75.2 cm³/mol. The molecule has 0 bridgehead atoms. The molecule has 1 aliphatic carbocycles. The van der Waals surface area contributed by atoms with Gasteiger partial charge in [-0.15, -0.1) is 0 Å². The zero-order valence-electron chi connectivity index (χ0n) is 12.6. The lowest BCUT2D eigenvalue weighted by Crippen LogP contribution is -2.48. The van der Waals surface area contributed by atoms with Crippen molar-refractivity contribution in [2.45, 2.75) is 56.8 Å². The molecule has 19 heavy (non-hydrogen) atoms. The van der Waals surface area contributed by atoms with E-state index in [1.54, 1.807) is 14.2 Å². The molecule has 1 saturated heterocycles. The van der Waals surface area contributed by atoms with Crippen LogP contribution in [0.5, 0.6) is 0 Å². The largest absolute Gasteiger partial charge is 0.389 e. The number of hydrogen-bond acceptors (Lipinski definition) is 4. The van der Waals surface area contributed by atoms with Crippen molar-refractivity contribution in [3.05, 3.63) is 0 Å². The fourth-order valence-corrected chi connectivity index (χ4v) is 3.50. The molecule has 2 rings (SSSR count). The molecule has 1 aliphatic heterocycles. The summed E-state index contributed by atoms with van der Waals surface area (Å²) in [6.07, 6.45) is 5.45. The first-order valence-corrected chi connectivity index (χ1v) is 7.54. The van der Waals surface area contributed by atoms with Crippen LogP contribution in [0.2, 0.25) is 0 Å². The fraction of sp³-hybridized carbons (Fsp3) is 1.00. The average Bonchev–Trinajstić information content (AvgIpc) is 2.76. The number of hydrogen-bond donors (Lipinski definition) is 1. The summed E-state index contributed by atoms with van der Waals surface area (Å²) < 4.78 is 10.8. The van der Waals surface area contributed by atoms with Gasteiger partial charge in [0.25, 0.3) is 0 Å². The molecule has 2 fully saturated rings. The monoisotopic (exact) mass is 271 g/mol. The number of methoxy groups -OCH3 is 2. The van der Waals surface area contributed by atoms with Crippen LogP contribution >= 0.6 is 0 Å². The van der Waals surface area contributed by atoms with Crippen LogP contribution in [0.1, 0.15) is 39.0 Å². The molecule has 0 aromatic rings. The van der Waals surface area contributed by atoms with Crippen molar-refractivity contribution < 1.29 is 14.6 Å². The lowest BCUT2D eigenvalue weighted by molar-refractivity contribution is -0.0442. The number of rotatable bonds is 5. The average molecular weight is 271 g/mol. The van der Waals surface area contributed by atoms with Crippen molar-refractivity contribution in [1.29, 1.82) is 0 Å². The standard InChI is InChI=1S/C15H29NO3/c1-12-4-6-15(17,7-5-12)11-16-9-14(19-3)8-13(16)10-18-2/h12-14,17H,4-11H2,1-3H3/t12?,13-,14+,15?/m0/s1. The zero-order chi connectivity index (χ0) is 13.9. The van der Waals surface area contributed by atoms with Gasteiger partial charge in [0, 0.05) is 33.4 Å². The van der Waals surface area contributed by atoms with Gasteiger partial charge in [-0.2, -0.15) is 0 Å². The molecular weight excluding hydrogens is 242 g/mol. The Morgan fingerprint density at radius 3 is 2.53 bits per heavy atom. The highest BCUT2D eigenvalue weighted by Crippen LogP contribution is 2.34. The highest BCUT2D eigenvalue weighted by molar-refractivity contribution is 4.93. The Bertz CT molecular complexity index is 277. The molecule has 0 aromatic heterocycles. The van der Waals surface area contributed by atoms with Crippen LogP contribution in [-0.2, 0) is 9.47 Å². The lowest BCUT2D eigenvalue weighted by Gasteiger charge is -2.39.